The summed E-state index contributed by atoms with van der Waals surface area (Å²) in [4.78, 5) is 22.2. The van der Waals surface area contributed by atoms with Gasteiger partial charge in [-0.1, -0.05) is 11.8 Å². The van der Waals surface area contributed by atoms with Gasteiger partial charge in [-0.25, -0.2) is 9.97 Å². The maximum atomic E-state index is 12.3. The van der Waals surface area contributed by atoms with E-state index in [1.165, 1.54) is 23.1 Å². The zero-order valence-electron chi connectivity index (χ0n) is 12.1. The van der Waals surface area contributed by atoms with Gasteiger partial charge in [-0.15, -0.1) is 22.7 Å². The number of fused-ring (bicyclic) bond motifs is 1. The molecule has 0 aromatic carbocycles. The average molecular weight is 361 g/mol. The molecular formula is C15H11N3O2S3. The van der Waals surface area contributed by atoms with Crippen molar-refractivity contribution in [3.05, 3.63) is 51.3 Å². The van der Waals surface area contributed by atoms with Gasteiger partial charge in [-0.2, -0.15) is 0 Å². The predicted molar refractivity (Wildman–Crippen MR) is 94.2 cm³/mol. The van der Waals surface area contributed by atoms with Crippen LogP contribution in [0.15, 0.2) is 49.6 Å². The Labute approximate surface area is 143 Å². The maximum Gasteiger partial charge on any atom is 0.262 e. The largest absolute Gasteiger partial charge is 0.462 e. The number of aromatic nitrogens is 3. The van der Waals surface area contributed by atoms with Crippen molar-refractivity contribution in [3.63, 3.8) is 0 Å². The first-order chi connectivity index (χ1) is 11.2. The van der Waals surface area contributed by atoms with E-state index in [0.717, 1.165) is 21.3 Å². The fraction of sp³-hybridized carbons (Fsp3) is 0.133. The highest BCUT2D eigenvalue weighted by Crippen LogP contribution is 2.28. The van der Waals surface area contributed by atoms with Crippen LogP contribution in [0.5, 0.6) is 0 Å². The van der Waals surface area contributed by atoms with Gasteiger partial charge in [-0.05, 0) is 23.6 Å². The molecule has 5 nitrogen and oxygen atoms in total. The lowest BCUT2D eigenvalue weighted by Crippen LogP contribution is -2.19. The highest BCUT2D eigenvalue weighted by atomic mass is 32.2. The minimum atomic E-state index is -0.00620. The summed E-state index contributed by atoms with van der Waals surface area (Å²) in [5.74, 6) is 1.44. The molecule has 0 atom stereocenters. The topological polar surface area (TPSA) is 60.9 Å². The van der Waals surface area contributed by atoms with Crippen LogP contribution in [0.2, 0.25) is 0 Å². The third-order valence-corrected chi connectivity index (χ3v) is 6.07. The van der Waals surface area contributed by atoms with Crippen molar-refractivity contribution >= 4 is 44.7 Å². The Bertz CT molecular complexity index is 1010. The Morgan fingerprint density at radius 1 is 1.30 bits per heavy atom. The SMILES string of the molecule is Cn1c(SCc2csc(-c3ccco3)n2)nc2sccc2c1=O. The molecule has 0 saturated heterocycles. The molecule has 8 heteroatoms. The summed E-state index contributed by atoms with van der Waals surface area (Å²) in [7, 11) is 1.75. The zero-order valence-corrected chi connectivity index (χ0v) is 14.5. The van der Waals surface area contributed by atoms with Crippen molar-refractivity contribution in [3.8, 4) is 10.8 Å². The lowest BCUT2D eigenvalue weighted by molar-refractivity contribution is 0.581. The molecule has 0 aliphatic carbocycles. The van der Waals surface area contributed by atoms with Gasteiger partial charge in [0.2, 0.25) is 0 Å². The van der Waals surface area contributed by atoms with Gasteiger partial charge in [0.1, 0.15) is 4.83 Å². The zero-order chi connectivity index (χ0) is 15.8. The Hall–Kier alpha value is -1.90. The summed E-state index contributed by atoms with van der Waals surface area (Å²) in [6.07, 6.45) is 1.64. The van der Waals surface area contributed by atoms with Gasteiger partial charge in [-0.3, -0.25) is 9.36 Å². The predicted octanol–water partition coefficient (Wildman–Crippen LogP) is 4.00. The molecule has 4 rings (SSSR count). The minimum absolute atomic E-state index is 0.00620. The quantitative estimate of drug-likeness (QED) is 0.406. The number of furan rings is 1. The molecule has 0 aliphatic heterocycles. The van der Waals surface area contributed by atoms with Crippen LogP contribution in [-0.2, 0) is 12.8 Å². The summed E-state index contributed by atoms with van der Waals surface area (Å²) in [5.41, 5.74) is 0.945. The molecule has 0 aliphatic rings. The van der Waals surface area contributed by atoms with Crippen LogP contribution in [0, 0.1) is 0 Å². The van der Waals surface area contributed by atoms with Crippen molar-refractivity contribution in [2.75, 3.05) is 0 Å². The first-order valence-corrected chi connectivity index (χ1v) is 9.52. The minimum Gasteiger partial charge on any atom is -0.462 e. The van der Waals surface area contributed by atoms with Gasteiger partial charge >= 0.3 is 0 Å². The van der Waals surface area contributed by atoms with E-state index >= 15 is 0 Å². The number of thioether (sulfide) groups is 1. The second-order valence-corrected chi connectivity index (χ2v) is 7.50. The first kappa shape index (κ1) is 14.7. The molecule has 0 saturated carbocycles. The Morgan fingerprint density at radius 3 is 3.04 bits per heavy atom. The monoisotopic (exact) mass is 361 g/mol. The van der Waals surface area contributed by atoms with E-state index in [1.807, 2.05) is 29.0 Å². The van der Waals surface area contributed by atoms with Gasteiger partial charge in [0.25, 0.3) is 5.56 Å². The van der Waals surface area contributed by atoms with Gasteiger partial charge in [0, 0.05) is 18.2 Å². The second kappa shape index (κ2) is 5.95. The second-order valence-electron chi connectivity index (χ2n) is 4.81. The van der Waals surface area contributed by atoms with E-state index in [2.05, 4.69) is 9.97 Å². The third-order valence-electron chi connectivity index (χ3n) is 3.30. The number of hydrogen-bond donors (Lipinski definition) is 0. The van der Waals surface area contributed by atoms with E-state index in [-0.39, 0.29) is 5.56 Å². The maximum absolute atomic E-state index is 12.3. The van der Waals surface area contributed by atoms with Crippen molar-refractivity contribution in [2.45, 2.75) is 10.9 Å². The molecule has 0 fully saturated rings. The third kappa shape index (κ3) is 2.73. The molecule has 0 N–H and O–H groups in total. The Morgan fingerprint density at radius 2 is 2.22 bits per heavy atom. The van der Waals surface area contributed by atoms with Crippen LogP contribution < -0.4 is 5.56 Å². The molecule has 0 amide bonds. The normalized spacial score (nSPS) is 11.3. The van der Waals surface area contributed by atoms with E-state index in [9.17, 15) is 4.79 Å². The fourth-order valence-corrected chi connectivity index (χ4v) is 4.70. The van der Waals surface area contributed by atoms with Crippen molar-refractivity contribution in [1.29, 1.82) is 0 Å². The van der Waals surface area contributed by atoms with Crippen LogP contribution in [0.1, 0.15) is 5.69 Å². The van der Waals surface area contributed by atoms with Gasteiger partial charge in [0.15, 0.2) is 15.9 Å². The van der Waals surface area contributed by atoms with Crippen molar-refractivity contribution in [1.82, 2.24) is 14.5 Å². The molecule has 23 heavy (non-hydrogen) atoms. The van der Waals surface area contributed by atoms with Crippen LogP contribution in [0.25, 0.3) is 21.0 Å². The van der Waals surface area contributed by atoms with Crippen LogP contribution in [-0.4, -0.2) is 14.5 Å². The molecule has 0 unspecified atom stereocenters. The number of hydrogen-bond acceptors (Lipinski definition) is 7. The smallest absolute Gasteiger partial charge is 0.262 e. The molecular weight excluding hydrogens is 350 g/mol. The van der Waals surface area contributed by atoms with Crippen molar-refractivity contribution in [2.24, 2.45) is 7.05 Å². The average Bonchev–Trinajstić information content (AvgIpc) is 3.29. The number of rotatable bonds is 4. The first-order valence-electron chi connectivity index (χ1n) is 6.77. The van der Waals surface area contributed by atoms with E-state index < -0.39 is 0 Å². The Kier molecular flexibility index (Phi) is 3.80. The van der Waals surface area contributed by atoms with Gasteiger partial charge in [0.05, 0.1) is 17.3 Å². The van der Waals surface area contributed by atoms with E-state index in [0.29, 0.717) is 16.3 Å². The molecule has 4 heterocycles. The van der Waals surface area contributed by atoms with Crippen molar-refractivity contribution < 1.29 is 4.42 Å². The molecule has 0 bridgehead atoms. The number of thiophene rings is 1. The number of nitrogens with zero attached hydrogens (tertiary/aromatic N) is 3. The van der Waals surface area contributed by atoms with Gasteiger partial charge < -0.3 is 4.42 Å². The Balaban J connectivity index is 1.57. The molecule has 0 radical (unpaired) electrons. The van der Waals surface area contributed by atoms with Crippen LogP contribution in [0.3, 0.4) is 0 Å². The summed E-state index contributed by atoms with van der Waals surface area (Å²) in [6, 6.07) is 5.56. The molecule has 4 aromatic heterocycles. The fourth-order valence-electron chi connectivity index (χ4n) is 2.13. The lowest BCUT2D eigenvalue weighted by atomic mass is 10.4. The highest BCUT2D eigenvalue weighted by Gasteiger charge is 2.12. The number of thiazole rings is 1. The molecule has 4 aromatic rings. The lowest BCUT2D eigenvalue weighted by Gasteiger charge is -2.05. The summed E-state index contributed by atoms with van der Waals surface area (Å²) in [6.45, 7) is 0. The summed E-state index contributed by atoms with van der Waals surface area (Å²) < 4.78 is 6.95. The molecule has 0 spiro atoms. The van der Waals surface area contributed by atoms with Crippen LogP contribution in [0.4, 0.5) is 0 Å². The standard InChI is InChI=1S/C15H11N3O2S3/c1-18-14(19)10-4-6-21-12(10)17-15(18)23-8-9-7-22-13(16-9)11-3-2-5-20-11/h2-7H,8H2,1H3. The molecule has 116 valence electrons. The van der Waals surface area contributed by atoms with E-state index in [1.54, 1.807) is 29.2 Å². The highest BCUT2D eigenvalue weighted by molar-refractivity contribution is 7.98. The summed E-state index contributed by atoms with van der Waals surface area (Å²) >= 11 is 4.55. The van der Waals surface area contributed by atoms with E-state index in [4.69, 9.17) is 4.42 Å². The van der Waals surface area contributed by atoms with Crippen LogP contribution >= 0.6 is 34.4 Å². The summed E-state index contributed by atoms with van der Waals surface area (Å²) in [5, 5.41) is 6.14.